The van der Waals surface area contributed by atoms with Crippen molar-refractivity contribution in [1.82, 2.24) is 20.0 Å². The SMILES string of the molecule is CCC(CCCCNC12CC(C1)C2)C(N)c1c2ccnc-2ncn1N. The van der Waals surface area contributed by atoms with E-state index in [1.54, 1.807) is 17.2 Å². The van der Waals surface area contributed by atoms with E-state index in [1.165, 1.54) is 32.1 Å². The smallest absolute Gasteiger partial charge is 0.162 e. The number of hydrogen-bond acceptors (Lipinski definition) is 5. The van der Waals surface area contributed by atoms with Gasteiger partial charge in [-0.15, -0.1) is 0 Å². The van der Waals surface area contributed by atoms with Gasteiger partial charge in [-0.1, -0.05) is 19.8 Å². The number of rotatable bonds is 9. The van der Waals surface area contributed by atoms with Gasteiger partial charge in [-0.2, -0.15) is 0 Å². The van der Waals surface area contributed by atoms with Gasteiger partial charge in [0, 0.05) is 17.3 Å². The minimum atomic E-state index is -0.0877. The number of nitrogens with zero attached hydrogens (tertiary/aromatic N) is 3. The van der Waals surface area contributed by atoms with E-state index in [9.17, 15) is 0 Å². The van der Waals surface area contributed by atoms with Crippen LogP contribution in [0.15, 0.2) is 18.6 Å². The molecule has 0 amide bonds. The van der Waals surface area contributed by atoms with Gasteiger partial charge >= 0.3 is 0 Å². The molecule has 136 valence electrons. The second-order valence-electron chi connectivity index (χ2n) is 8.09. The molecule has 25 heavy (non-hydrogen) atoms. The lowest BCUT2D eigenvalue weighted by molar-refractivity contribution is -0.0504. The zero-order valence-electron chi connectivity index (χ0n) is 15.1. The Balaban J connectivity index is 1.31. The number of unbranched alkanes of at least 4 members (excludes halogenated alkanes) is 1. The van der Waals surface area contributed by atoms with Crippen LogP contribution in [0, 0.1) is 11.8 Å². The second-order valence-corrected chi connectivity index (χ2v) is 8.09. The fourth-order valence-electron chi connectivity index (χ4n) is 4.74. The number of nitrogens with two attached hydrogens (primary N) is 2. The van der Waals surface area contributed by atoms with Gasteiger partial charge in [0.2, 0.25) is 0 Å². The van der Waals surface area contributed by atoms with Crippen LogP contribution >= 0.6 is 0 Å². The third-order valence-electron chi connectivity index (χ3n) is 6.43. The lowest BCUT2D eigenvalue weighted by Crippen LogP contribution is -2.66. The molecule has 2 atom stereocenters. The quantitative estimate of drug-likeness (QED) is 0.480. The summed E-state index contributed by atoms with van der Waals surface area (Å²) in [6.45, 7) is 3.36. The molecule has 0 aromatic rings. The molecule has 2 heterocycles. The van der Waals surface area contributed by atoms with E-state index in [4.69, 9.17) is 11.6 Å². The summed E-state index contributed by atoms with van der Waals surface area (Å²) in [6, 6.07) is 1.87. The molecule has 3 aliphatic carbocycles. The highest BCUT2D eigenvalue weighted by Crippen LogP contribution is 2.56. The lowest BCUT2D eigenvalue weighted by Gasteiger charge is -2.62. The van der Waals surface area contributed by atoms with Gasteiger partial charge < -0.3 is 16.9 Å². The first-order valence-electron chi connectivity index (χ1n) is 9.69. The first-order valence-corrected chi connectivity index (χ1v) is 9.69. The van der Waals surface area contributed by atoms with Gasteiger partial charge in [0.05, 0.1) is 11.7 Å². The summed E-state index contributed by atoms with van der Waals surface area (Å²) in [5.41, 5.74) is 9.09. The molecule has 6 heteroatoms. The Morgan fingerprint density at radius 2 is 2.12 bits per heavy atom. The Kier molecular flexibility index (Phi) is 4.41. The molecule has 2 aliphatic heterocycles. The molecule has 0 spiro atoms. The normalized spacial score (nSPS) is 26.9. The predicted molar refractivity (Wildman–Crippen MR) is 99.4 cm³/mol. The molecule has 5 rings (SSSR count). The summed E-state index contributed by atoms with van der Waals surface area (Å²) in [7, 11) is 0. The summed E-state index contributed by atoms with van der Waals surface area (Å²) < 4.78 is 1.57. The van der Waals surface area contributed by atoms with Crippen LogP contribution in [0.3, 0.4) is 0 Å². The van der Waals surface area contributed by atoms with Crippen molar-refractivity contribution in [2.75, 3.05) is 12.4 Å². The molecule has 0 aromatic heterocycles. The molecule has 6 nitrogen and oxygen atoms in total. The van der Waals surface area contributed by atoms with Crippen LogP contribution in [0.4, 0.5) is 0 Å². The van der Waals surface area contributed by atoms with E-state index < -0.39 is 0 Å². The molecular formula is C19H30N6. The molecule has 0 aromatic carbocycles. The Morgan fingerprint density at radius 3 is 2.80 bits per heavy atom. The van der Waals surface area contributed by atoms with Gasteiger partial charge in [-0.25, -0.2) is 9.97 Å². The minimum Gasteiger partial charge on any atom is -0.338 e. The van der Waals surface area contributed by atoms with Crippen LogP contribution in [-0.2, 0) is 0 Å². The maximum atomic E-state index is 6.62. The van der Waals surface area contributed by atoms with Crippen molar-refractivity contribution in [3.05, 3.63) is 24.3 Å². The number of hydrogen-bond donors (Lipinski definition) is 3. The van der Waals surface area contributed by atoms with Crippen molar-refractivity contribution >= 4 is 0 Å². The van der Waals surface area contributed by atoms with Gasteiger partial charge in [-0.05, 0) is 56.6 Å². The van der Waals surface area contributed by atoms with Crippen LogP contribution in [0.25, 0.3) is 11.4 Å². The van der Waals surface area contributed by atoms with Crippen molar-refractivity contribution in [2.45, 2.75) is 63.5 Å². The van der Waals surface area contributed by atoms with Crippen molar-refractivity contribution in [3.63, 3.8) is 0 Å². The van der Waals surface area contributed by atoms with Crippen LogP contribution in [0.5, 0.6) is 0 Å². The van der Waals surface area contributed by atoms with Crippen LogP contribution < -0.4 is 16.9 Å². The van der Waals surface area contributed by atoms with Crippen LogP contribution in [0.2, 0.25) is 0 Å². The summed E-state index contributed by atoms with van der Waals surface area (Å²) in [6.07, 6.45) is 12.2. The first kappa shape index (κ1) is 16.8. The van der Waals surface area contributed by atoms with Crippen molar-refractivity contribution in [1.29, 1.82) is 0 Å². The third-order valence-corrected chi connectivity index (χ3v) is 6.43. The molecule has 2 unspecified atom stereocenters. The number of fused-ring (bicyclic) bond motifs is 1. The Morgan fingerprint density at radius 1 is 1.32 bits per heavy atom. The van der Waals surface area contributed by atoms with E-state index in [-0.39, 0.29) is 6.04 Å². The molecular weight excluding hydrogens is 312 g/mol. The van der Waals surface area contributed by atoms with E-state index in [2.05, 4.69) is 22.2 Å². The largest absolute Gasteiger partial charge is 0.338 e. The standard InChI is InChI=1S/C19H30N6/c1-2-14(5-3-4-7-24-19-9-13(10-19)11-19)16(20)17-15-6-8-22-18(15)23-12-25(17)21/h6,8,12-14,16,24H,2-5,7,9-11,20-21H2,1H3. The Labute approximate surface area is 149 Å². The zero-order valence-corrected chi connectivity index (χ0v) is 15.1. The van der Waals surface area contributed by atoms with Gasteiger partial charge in [0.25, 0.3) is 0 Å². The van der Waals surface area contributed by atoms with E-state index in [1.807, 2.05) is 6.07 Å². The minimum absolute atomic E-state index is 0.0877. The zero-order chi connectivity index (χ0) is 17.4. The van der Waals surface area contributed by atoms with Gasteiger partial charge in [-0.3, -0.25) is 4.68 Å². The van der Waals surface area contributed by atoms with E-state index >= 15 is 0 Å². The summed E-state index contributed by atoms with van der Waals surface area (Å²) in [5, 5.41) is 3.77. The summed E-state index contributed by atoms with van der Waals surface area (Å²) >= 11 is 0. The number of nitrogens with one attached hydrogen (secondary N) is 1. The monoisotopic (exact) mass is 342 g/mol. The van der Waals surface area contributed by atoms with Crippen molar-refractivity contribution in [2.24, 2.45) is 17.6 Å². The molecule has 2 bridgehead atoms. The third kappa shape index (κ3) is 3.02. The average Bonchev–Trinajstić information content (AvgIpc) is 2.99. The van der Waals surface area contributed by atoms with Crippen molar-refractivity contribution < 1.29 is 0 Å². The highest BCUT2D eigenvalue weighted by molar-refractivity contribution is 5.60. The Hall–Kier alpha value is -1.66. The highest BCUT2D eigenvalue weighted by atomic mass is 15.3. The highest BCUT2D eigenvalue weighted by Gasteiger charge is 2.55. The average molecular weight is 342 g/mol. The molecule has 5 N–H and O–H groups in total. The maximum Gasteiger partial charge on any atom is 0.162 e. The topological polar surface area (TPSA) is 94.8 Å². The van der Waals surface area contributed by atoms with E-state index in [0.717, 1.165) is 42.4 Å². The fraction of sp³-hybridized carbons (Fsp3) is 0.684. The molecule has 0 radical (unpaired) electrons. The number of nitrogen functional groups attached to an aromatic ring is 1. The Bertz CT molecular complexity index is 678. The summed E-state index contributed by atoms with van der Waals surface area (Å²) in [4.78, 5) is 8.53. The van der Waals surface area contributed by atoms with Crippen LogP contribution in [0.1, 0.15) is 63.6 Å². The summed E-state index contributed by atoms with van der Waals surface area (Å²) in [5.74, 6) is 8.32. The predicted octanol–water partition coefficient (Wildman–Crippen LogP) is 2.44. The molecule has 5 aliphatic rings. The lowest BCUT2D eigenvalue weighted by atomic mass is 9.50. The van der Waals surface area contributed by atoms with Crippen LogP contribution in [-0.4, -0.2) is 26.7 Å². The fourth-order valence-corrected chi connectivity index (χ4v) is 4.74. The molecule has 3 fully saturated rings. The molecule has 0 saturated heterocycles. The van der Waals surface area contributed by atoms with Gasteiger partial charge in [0.15, 0.2) is 5.82 Å². The van der Waals surface area contributed by atoms with Gasteiger partial charge in [0.1, 0.15) is 6.33 Å². The second kappa shape index (κ2) is 6.57. The van der Waals surface area contributed by atoms with E-state index in [0.29, 0.717) is 11.5 Å². The molecule has 3 saturated carbocycles. The first-order chi connectivity index (χ1) is 12.1. The number of aromatic nitrogens is 3. The van der Waals surface area contributed by atoms with Crippen molar-refractivity contribution in [3.8, 4) is 11.4 Å². The maximum absolute atomic E-state index is 6.62.